The number of imidazole rings is 1. The van der Waals surface area contributed by atoms with E-state index in [4.69, 9.17) is 9.47 Å². The van der Waals surface area contributed by atoms with Crippen molar-refractivity contribution in [3.8, 4) is 0 Å². The molecule has 0 bridgehead atoms. The third kappa shape index (κ3) is 4.52. The van der Waals surface area contributed by atoms with Crippen molar-refractivity contribution in [1.82, 2.24) is 19.5 Å². The van der Waals surface area contributed by atoms with Gasteiger partial charge in [0, 0.05) is 18.5 Å². The average Bonchev–Trinajstić information content (AvgIpc) is 3.25. The molecule has 13 heteroatoms. The van der Waals surface area contributed by atoms with Crippen LogP contribution in [0, 0.1) is 6.92 Å². The summed E-state index contributed by atoms with van der Waals surface area (Å²) >= 11 is 0. The maximum Gasteiger partial charge on any atom is 0.229 e. The van der Waals surface area contributed by atoms with Crippen LogP contribution in [0.1, 0.15) is 12.1 Å². The highest BCUT2D eigenvalue weighted by Gasteiger charge is 2.44. The van der Waals surface area contributed by atoms with E-state index in [2.05, 4.69) is 25.0 Å². The van der Waals surface area contributed by atoms with E-state index in [1.165, 1.54) is 13.4 Å². The van der Waals surface area contributed by atoms with E-state index in [0.29, 0.717) is 34.2 Å². The van der Waals surface area contributed by atoms with E-state index in [1.54, 1.807) is 35.8 Å². The van der Waals surface area contributed by atoms with Gasteiger partial charge in [-0.15, -0.1) is 0 Å². The lowest BCUT2D eigenvalue weighted by atomic mass is 10.1. The molecule has 4 unspecified atom stereocenters. The monoisotopic (exact) mass is 464 g/mol. The standard InChI is InChI=1S/C19H24N6O6S/c1-10-21-17(23-11-4-6-12(7-5-11)24-32(3,28)29)14-18(22-10)25(9-20-14)19-16(27)15(26)13(31-19)8-30-2/h4-7,9,13,15-16,19,24,26-27H,8H2,1-3H3,(H,21,22,23). The van der Waals surface area contributed by atoms with Gasteiger partial charge in [0.2, 0.25) is 10.0 Å². The Morgan fingerprint density at radius 3 is 2.50 bits per heavy atom. The number of aliphatic hydroxyl groups excluding tert-OH is 2. The number of sulfonamides is 1. The fourth-order valence-corrected chi connectivity index (χ4v) is 4.10. The second kappa shape index (κ2) is 8.60. The number of aliphatic hydroxyl groups is 2. The van der Waals surface area contributed by atoms with Crippen molar-refractivity contribution in [2.24, 2.45) is 0 Å². The summed E-state index contributed by atoms with van der Waals surface area (Å²) in [5.41, 5.74) is 1.95. The number of benzene rings is 1. The van der Waals surface area contributed by atoms with Crippen LogP contribution in [0.5, 0.6) is 0 Å². The van der Waals surface area contributed by atoms with E-state index >= 15 is 0 Å². The number of aromatic nitrogens is 4. The highest BCUT2D eigenvalue weighted by molar-refractivity contribution is 7.92. The molecule has 3 aromatic rings. The first-order valence-corrected chi connectivity index (χ1v) is 11.6. The molecule has 1 aliphatic heterocycles. The molecule has 0 radical (unpaired) electrons. The van der Waals surface area contributed by atoms with Crippen molar-refractivity contribution in [1.29, 1.82) is 0 Å². The molecular formula is C19H24N6O6S. The second-order valence-corrected chi connectivity index (χ2v) is 9.27. The number of nitrogens with one attached hydrogen (secondary N) is 2. The summed E-state index contributed by atoms with van der Waals surface area (Å²) in [5, 5.41) is 23.9. The molecule has 32 heavy (non-hydrogen) atoms. The second-order valence-electron chi connectivity index (χ2n) is 7.52. The Morgan fingerprint density at radius 1 is 1.16 bits per heavy atom. The molecule has 1 fully saturated rings. The van der Waals surface area contributed by atoms with Crippen LogP contribution in [0.25, 0.3) is 11.2 Å². The number of fused-ring (bicyclic) bond motifs is 1. The zero-order valence-electron chi connectivity index (χ0n) is 17.6. The summed E-state index contributed by atoms with van der Waals surface area (Å²) < 4.78 is 37.5. The predicted molar refractivity (Wildman–Crippen MR) is 116 cm³/mol. The summed E-state index contributed by atoms with van der Waals surface area (Å²) in [4.78, 5) is 13.2. The highest BCUT2D eigenvalue weighted by atomic mass is 32.2. The van der Waals surface area contributed by atoms with E-state index in [1.807, 2.05) is 0 Å². The topological polar surface area (TPSA) is 161 Å². The zero-order chi connectivity index (χ0) is 23.0. The van der Waals surface area contributed by atoms with Gasteiger partial charge < -0.3 is 25.0 Å². The number of nitrogens with zero attached hydrogens (tertiary/aromatic N) is 4. The normalized spacial score (nSPS) is 23.5. The van der Waals surface area contributed by atoms with E-state index in [9.17, 15) is 18.6 Å². The van der Waals surface area contributed by atoms with Crippen molar-refractivity contribution >= 4 is 38.4 Å². The smallest absolute Gasteiger partial charge is 0.229 e. The molecule has 172 valence electrons. The molecule has 0 spiro atoms. The van der Waals surface area contributed by atoms with Crippen LogP contribution < -0.4 is 10.0 Å². The van der Waals surface area contributed by atoms with Crippen molar-refractivity contribution in [2.45, 2.75) is 31.5 Å². The number of methoxy groups -OCH3 is 1. The summed E-state index contributed by atoms with van der Waals surface area (Å²) in [6.07, 6.45) is -1.32. The molecule has 0 saturated carbocycles. The van der Waals surface area contributed by atoms with Crippen LogP contribution in [-0.4, -0.2) is 76.4 Å². The number of aryl methyl sites for hydroxylation is 1. The van der Waals surface area contributed by atoms with Crippen molar-refractivity contribution < 1.29 is 28.1 Å². The number of ether oxygens (including phenoxy) is 2. The first kappa shape index (κ1) is 22.4. The first-order chi connectivity index (χ1) is 15.2. The maximum absolute atomic E-state index is 11.4. The van der Waals surface area contributed by atoms with E-state index < -0.39 is 34.6 Å². The van der Waals surface area contributed by atoms with Crippen LogP contribution in [-0.2, 0) is 19.5 Å². The van der Waals surface area contributed by atoms with Crippen LogP contribution in [0.3, 0.4) is 0 Å². The molecule has 1 aromatic carbocycles. The Bertz CT molecular complexity index is 1220. The minimum Gasteiger partial charge on any atom is -0.387 e. The number of hydrogen-bond donors (Lipinski definition) is 4. The SMILES string of the molecule is COCC1OC(n2cnc3c(Nc4ccc(NS(C)(=O)=O)cc4)nc(C)nc32)C(O)C1O. The third-order valence-electron chi connectivity index (χ3n) is 4.93. The zero-order valence-corrected chi connectivity index (χ0v) is 18.4. The van der Waals surface area contributed by atoms with Gasteiger partial charge in [-0.1, -0.05) is 0 Å². The van der Waals surface area contributed by atoms with Gasteiger partial charge in [-0.25, -0.2) is 23.4 Å². The fraction of sp³-hybridized carbons (Fsp3) is 0.421. The van der Waals surface area contributed by atoms with Crippen molar-refractivity contribution in [3.63, 3.8) is 0 Å². The Labute approximate surface area is 184 Å². The molecule has 4 rings (SSSR count). The largest absolute Gasteiger partial charge is 0.387 e. The van der Waals surface area contributed by atoms with Crippen LogP contribution in [0.2, 0.25) is 0 Å². The van der Waals surface area contributed by atoms with Gasteiger partial charge in [0.05, 0.1) is 19.2 Å². The van der Waals surface area contributed by atoms with E-state index in [0.717, 1.165) is 6.26 Å². The van der Waals surface area contributed by atoms with Gasteiger partial charge in [-0.3, -0.25) is 9.29 Å². The summed E-state index contributed by atoms with van der Waals surface area (Å²) in [6, 6.07) is 6.63. The lowest BCUT2D eigenvalue weighted by Crippen LogP contribution is -2.33. The summed E-state index contributed by atoms with van der Waals surface area (Å²) in [7, 11) is -1.88. The molecule has 2 aromatic heterocycles. The molecule has 1 aliphatic rings. The molecule has 3 heterocycles. The lowest BCUT2D eigenvalue weighted by molar-refractivity contribution is -0.0580. The quantitative estimate of drug-likeness (QED) is 0.388. The first-order valence-electron chi connectivity index (χ1n) is 9.73. The van der Waals surface area contributed by atoms with Crippen LogP contribution in [0.4, 0.5) is 17.2 Å². The van der Waals surface area contributed by atoms with Crippen LogP contribution in [0.15, 0.2) is 30.6 Å². The van der Waals surface area contributed by atoms with E-state index in [-0.39, 0.29) is 6.61 Å². The molecule has 0 amide bonds. The highest BCUT2D eigenvalue weighted by Crippen LogP contribution is 2.33. The van der Waals surface area contributed by atoms with Gasteiger partial charge in [0.15, 0.2) is 23.2 Å². The van der Waals surface area contributed by atoms with Gasteiger partial charge in [-0.05, 0) is 31.2 Å². The van der Waals surface area contributed by atoms with Gasteiger partial charge >= 0.3 is 0 Å². The van der Waals surface area contributed by atoms with Gasteiger partial charge in [0.1, 0.15) is 24.1 Å². The molecule has 1 saturated heterocycles. The molecule has 4 atom stereocenters. The molecule has 12 nitrogen and oxygen atoms in total. The Kier molecular flexibility index (Phi) is 6.01. The number of anilines is 3. The summed E-state index contributed by atoms with van der Waals surface area (Å²) in [6.45, 7) is 1.85. The Hall–Kier alpha value is -2.84. The Morgan fingerprint density at radius 2 is 1.84 bits per heavy atom. The average molecular weight is 465 g/mol. The molecule has 4 N–H and O–H groups in total. The number of hydrogen-bond acceptors (Lipinski definition) is 10. The van der Waals surface area contributed by atoms with Gasteiger partial charge in [-0.2, -0.15) is 0 Å². The molecular weight excluding hydrogens is 440 g/mol. The fourth-order valence-electron chi connectivity index (χ4n) is 3.53. The number of rotatable bonds is 7. The van der Waals surface area contributed by atoms with Gasteiger partial charge in [0.25, 0.3) is 0 Å². The van der Waals surface area contributed by atoms with Crippen LogP contribution >= 0.6 is 0 Å². The maximum atomic E-state index is 11.4. The summed E-state index contributed by atoms with van der Waals surface area (Å²) in [5.74, 6) is 0.884. The lowest BCUT2D eigenvalue weighted by Gasteiger charge is -2.17. The molecule has 0 aliphatic carbocycles. The third-order valence-corrected chi connectivity index (χ3v) is 5.53. The minimum absolute atomic E-state index is 0.131. The van der Waals surface area contributed by atoms with Crippen molar-refractivity contribution in [2.75, 3.05) is 30.0 Å². The Balaban J connectivity index is 1.63. The minimum atomic E-state index is -3.37. The van der Waals surface area contributed by atoms with Crippen molar-refractivity contribution in [3.05, 3.63) is 36.4 Å². The predicted octanol–water partition coefficient (Wildman–Crippen LogP) is 0.515.